The molecule has 1 aliphatic heterocycles. The summed E-state index contributed by atoms with van der Waals surface area (Å²) in [6, 6.07) is 5.08. The van der Waals surface area contributed by atoms with Crippen LogP contribution in [-0.2, 0) is 22.4 Å². The number of ketones is 1. The summed E-state index contributed by atoms with van der Waals surface area (Å²) in [7, 11) is 0. The average Bonchev–Trinajstić information content (AvgIpc) is 3.19. The second-order valence-corrected chi connectivity index (χ2v) is 6.34. The number of hydrogen-bond acceptors (Lipinski definition) is 3. The largest absolute Gasteiger partial charge is 0.480 e. The van der Waals surface area contributed by atoms with Crippen molar-refractivity contribution < 1.29 is 19.5 Å². The van der Waals surface area contributed by atoms with Gasteiger partial charge in [0, 0.05) is 24.9 Å². The number of aliphatic carboxylic acids is 1. The Hall–Kier alpha value is -2.17. The number of nitrogens with zero attached hydrogens (tertiary/aromatic N) is 1. The van der Waals surface area contributed by atoms with Crippen LogP contribution >= 0.6 is 0 Å². The van der Waals surface area contributed by atoms with Gasteiger partial charge in [-0.2, -0.15) is 0 Å². The minimum absolute atomic E-state index is 0.0425. The van der Waals surface area contributed by atoms with Crippen LogP contribution in [0.2, 0.25) is 0 Å². The third-order valence-electron chi connectivity index (χ3n) is 4.84. The van der Waals surface area contributed by atoms with Crippen LogP contribution in [0.5, 0.6) is 0 Å². The van der Waals surface area contributed by atoms with E-state index in [1.165, 1.54) is 16.0 Å². The molecule has 1 N–H and O–H groups in total. The van der Waals surface area contributed by atoms with Gasteiger partial charge in [-0.3, -0.25) is 9.59 Å². The van der Waals surface area contributed by atoms with E-state index in [-0.39, 0.29) is 24.5 Å². The van der Waals surface area contributed by atoms with Gasteiger partial charge in [-0.15, -0.1) is 0 Å². The van der Waals surface area contributed by atoms with Gasteiger partial charge in [-0.1, -0.05) is 12.1 Å². The van der Waals surface area contributed by atoms with Gasteiger partial charge >= 0.3 is 5.97 Å². The van der Waals surface area contributed by atoms with Gasteiger partial charge in [-0.25, -0.2) is 4.79 Å². The molecule has 0 spiro atoms. The topological polar surface area (TPSA) is 74.7 Å². The van der Waals surface area contributed by atoms with Crippen molar-refractivity contribution in [3.63, 3.8) is 0 Å². The molecule has 0 unspecified atom stereocenters. The molecular formula is C18H21NO4. The highest BCUT2D eigenvalue weighted by Gasteiger charge is 2.33. The predicted molar refractivity (Wildman–Crippen MR) is 84.4 cm³/mol. The Kier molecular flexibility index (Phi) is 4.46. The van der Waals surface area contributed by atoms with E-state index in [0.717, 1.165) is 19.3 Å². The average molecular weight is 315 g/mol. The van der Waals surface area contributed by atoms with E-state index < -0.39 is 12.0 Å². The van der Waals surface area contributed by atoms with E-state index in [4.69, 9.17) is 5.11 Å². The van der Waals surface area contributed by atoms with Crippen LogP contribution in [0.1, 0.15) is 53.6 Å². The molecule has 1 aromatic rings. The number of rotatable bonds is 5. The number of carboxylic acid groups (broad SMARTS) is 1. The lowest BCUT2D eigenvalue weighted by molar-refractivity contribution is -0.148. The molecule has 23 heavy (non-hydrogen) atoms. The lowest BCUT2D eigenvalue weighted by Crippen LogP contribution is -2.40. The van der Waals surface area contributed by atoms with Crippen molar-refractivity contribution in [1.82, 2.24) is 4.90 Å². The number of benzene rings is 1. The Morgan fingerprint density at radius 3 is 2.65 bits per heavy atom. The number of fused-ring (bicyclic) bond motifs is 1. The molecule has 3 rings (SSSR count). The van der Waals surface area contributed by atoms with Crippen LogP contribution in [0.4, 0.5) is 0 Å². The first-order valence-electron chi connectivity index (χ1n) is 8.23. The number of hydrogen-bond donors (Lipinski definition) is 1. The quantitative estimate of drug-likeness (QED) is 0.845. The van der Waals surface area contributed by atoms with Gasteiger partial charge in [0.15, 0.2) is 5.78 Å². The van der Waals surface area contributed by atoms with Gasteiger partial charge in [0.1, 0.15) is 6.04 Å². The molecule has 1 aromatic carbocycles. The summed E-state index contributed by atoms with van der Waals surface area (Å²) in [5.41, 5.74) is 3.22. The highest BCUT2D eigenvalue weighted by Crippen LogP contribution is 2.24. The number of carboxylic acids is 1. The molecule has 0 saturated carbocycles. The molecule has 1 heterocycles. The van der Waals surface area contributed by atoms with Crippen LogP contribution in [0.3, 0.4) is 0 Å². The zero-order valence-electron chi connectivity index (χ0n) is 13.1. The third kappa shape index (κ3) is 3.28. The molecule has 1 aliphatic carbocycles. The summed E-state index contributed by atoms with van der Waals surface area (Å²) in [6.45, 7) is 0.475. The van der Waals surface area contributed by atoms with Crippen molar-refractivity contribution in [3.8, 4) is 0 Å². The van der Waals surface area contributed by atoms with Gasteiger partial charge in [0.05, 0.1) is 0 Å². The third-order valence-corrected chi connectivity index (χ3v) is 4.84. The predicted octanol–water partition coefficient (Wildman–Crippen LogP) is 2.21. The first-order chi connectivity index (χ1) is 11.1. The van der Waals surface area contributed by atoms with E-state index in [1.807, 2.05) is 18.2 Å². The second-order valence-electron chi connectivity index (χ2n) is 6.34. The lowest BCUT2D eigenvalue weighted by Gasteiger charge is -2.21. The number of likely N-dealkylation sites (tertiary alicyclic amines) is 1. The standard InChI is InChI=1S/C18H21NO4/c20-16(14-7-6-12-3-1-4-13(12)11-14)8-9-17(21)19-10-2-5-15(19)18(22)23/h6-7,11,15H,1-5,8-10H2,(H,22,23)/t15-/m0/s1. The summed E-state index contributed by atoms with van der Waals surface area (Å²) < 4.78 is 0. The molecule has 1 saturated heterocycles. The van der Waals surface area contributed by atoms with Crippen molar-refractivity contribution >= 4 is 17.7 Å². The summed E-state index contributed by atoms with van der Waals surface area (Å²) >= 11 is 0. The molecule has 1 amide bonds. The van der Waals surface area contributed by atoms with Crippen molar-refractivity contribution in [2.24, 2.45) is 0 Å². The van der Waals surface area contributed by atoms with Crippen LogP contribution in [-0.4, -0.2) is 40.3 Å². The fourth-order valence-corrected chi connectivity index (χ4v) is 3.58. The molecule has 1 fully saturated rings. The van der Waals surface area contributed by atoms with Crippen LogP contribution in [0.25, 0.3) is 0 Å². The minimum atomic E-state index is -0.958. The molecule has 0 bridgehead atoms. The van der Waals surface area contributed by atoms with Crippen molar-refractivity contribution in [2.45, 2.75) is 51.0 Å². The maximum absolute atomic E-state index is 12.3. The number of Topliss-reactive ketones (excluding diaryl/α,β-unsaturated/α-hetero) is 1. The summed E-state index contributed by atoms with van der Waals surface area (Å²) in [6.07, 6.45) is 4.66. The minimum Gasteiger partial charge on any atom is -0.480 e. The van der Waals surface area contributed by atoms with E-state index >= 15 is 0 Å². The highest BCUT2D eigenvalue weighted by atomic mass is 16.4. The molecule has 5 nitrogen and oxygen atoms in total. The first-order valence-corrected chi connectivity index (χ1v) is 8.23. The number of carbonyl (C=O) groups excluding carboxylic acids is 2. The highest BCUT2D eigenvalue weighted by molar-refractivity contribution is 5.98. The fraction of sp³-hybridized carbons (Fsp3) is 0.500. The summed E-state index contributed by atoms with van der Waals surface area (Å²) in [5, 5.41) is 9.12. The van der Waals surface area contributed by atoms with Gasteiger partial charge < -0.3 is 10.0 Å². The first kappa shape index (κ1) is 15.7. The van der Waals surface area contributed by atoms with Crippen molar-refractivity contribution in [1.29, 1.82) is 0 Å². The monoisotopic (exact) mass is 315 g/mol. The number of aryl methyl sites for hydroxylation is 2. The smallest absolute Gasteiger partial charge is 0.326 e. The summed E-state index contributed by atoms with van der Waals surface area (Å²) in [4.78, 5) is 37.0. The Labute approximate surface area is 135 Å². The second kappa shape index (κ2) is 6.52. The van der Waals surface area contributed by atoms with E-state index in [1.54, 1.807) is 0 Å². The number of carbonyl (C=O) groups is 3. The van der Waals surface area contributed by atoms with Crippen molar-refractivity contribution in [2.75, 3.05) is 6.54 Å². The van der Waals surface area contributed by atoms with Gasteiger partial charge in [-0.05, 0) is 49.3 Å². The van der Waals surface area contributed by atoms with E-state index in [0.29, 0.717) is 24.9 Å². The molecule has 0 aromatic heterocycles. The van der Waals surface area contributed by atoms with Gasteiger partial charge in [0.25, 0.3) is 0 Å². The lowest BCUT2D eigenvalue weighted by atomic mass is 10.0. The number of amides is 1. The molecule has 0 radical (unpaired) electrons. The Balaban J connectivity index is 1.58. The maximum atomic E-state index is 12.3. The van der Waals surface area contributed by atoms with Crippen LogP contribution in [0.15, 0.2) is 18.2 Å². The maximum Gasteiger partial charge on any atom is 0.326 e. The zero-order chi connectivity index (χ0) is 16.4. The molecule has 5 heteroatoms. The fourth-order valence-electron chi connectivity index (χ4n) is 3.58. The van der Waals surface area contributed by atoms with E-state index in [9.17, 15) is 14.4 Å². The molecular weight excluding hydrogens is 294 g/mol. The van der Waals surface area contributed by atoms with E-state index in [2.05, 4.69) is 0 Å². The molecule has 2 aliphatic rings. The van der Waals surface area contributed by atoms with Crippen LogP contribution in [0, 0.1) is 0 Å². The zero-order valence-corrected chi connectivity index (χ0v) is 13.1. The van der Waals surface area contributed by atoms with Crippen LogP contribution < -0.4 is 0 Å². The molecule has 122 valence electrons. The normalized spacial score (nSPS) is 19.7. The SMILES string of the molecule is O=C(CCC(=O)N1CCC[C@H]1C(=O)O)c1ccc2c(c1)CCC2. The Morgan fingerprint density at radius 2 is 1.87 bits per heavy atom. The van der Waals surface area contributed by atoms with Crippen molar-refractivity contribution in [3.05, 3.63) is 34.9 Å². The summed E-state index contributed by atoms with van der Waals surface area (Å²) in [5.74, 6) is -1.23. The van der Waals surface area contributed by atoms with Gasteiger partial charge in [0.2, 0.25) is 5.91 Å². The molecule has 1 atom stereocenters. The Morgan fingerprint density at radius 1 is 1.09 bits per heavy atom. The Bertz CT molecular complexity index is 652.